The Morgan fingerprint density at radius 1 is 1.06 bits per heavy atom. The number of rotatable bonds is 5. The smallest absolute Gasteiger partial charge is 0.229 e. The van der Waals surface area contributed by atoms with E-state index in [4.69, 9.17) is 18.6 Å². The molecule has 0 aliphatic carbocycles. The summed E-state index contributed by atoms with van der Waals surface area (Å²) in [5, 5.41) is 49.8. The Labute approximate surface area is 181 Å². The minimum absolute atomic E-state index is 0.000611. The van der Waals surface area contributed by atoms with Crippen molar-refractivity contribution in [1.82, 2.24) is 0 Å². The standard InChI is InChI=1S/C22H22O10/c1-29-21-16(8-23)32-22(20(28)19(21)27)31-12-6-14(25)17-15(7-12)30-9-13(18(17)26)10-2-4-11(24)5-3-10/h2-7,9,16,19-25,27-28H,8H2,1H3. The molecule has 1 saturated heterocycles. The molecule has 1 fully saturated rings. The van der Waals surface area contributed by atoms with E-state index in [-0.39, 0.29) is 28.0 Å². The van der Waals surface area contributed by atoms with Crippen LogP contribution in [0, 0.1) is 0 Å². The van der Waals surface area contributed by atoms with Crippen molar-refractivity contribution in [3.8, 4) is 28.4 Å². The van der Waals surface area contributed by atoms with Gasteiger partial charge in [-0.05, 0) is 17.7 Å². The SMILES string of the molecule is COC1C(CO)OC(Oc2cc(O)c3c(=O)c(-c4ccc(O)cc4)coc3c2)C(O)C1O. The summed E-state index contributed by atoms with van der Waals surface area (Å²) in [5.41, 5.74) is 0.209. The third-order valence-corrected chi connectivity index (χ3v) is 5.35. The molecule has 3 aromatic rings. The molecule has 0 bridgehead atoms. The van der Waals surface area contributed by atoms with Crippen LogP contribution in [0.4, 0.5) is 0 Å². The second-order valence-corrected chi connectivity index (χ2v) is 7.37. The Balaban J connectivity index is 1.66. The molecular formula is C22H22O10. The zero-order valence-corrected chi connectivity index (χ0v) is 16.9. The van der Waals surface area contributed by atoms with Crippen LogP contribution in [0.15, 0.2) is 51.9 Å². The number of methoxy groups -OCH3 is 1. The van der Waals surface area contributed by atoms with Gasteiger partial charge in [0.25, 0.3) is 0 Å². The lowest BCUT2D eigenvalue weighted by Gasteiger charge is -2.41. The number of hydrogen-bond acceptors (Lipinski definition) is 10. The van der Waals surface area contributed by atoms with Gasteiger partial charge < -0.3 is 44.2 Å². The van der Waals surface area contributed by atoms with E-state index >= 15 is 0 Å². The molecule has 1 aromatic heterocycles. The Hall–Kier alpha value is -3.15. The molecule has 5 unspecified atom stereocenters. The molecule has 4 rings (SSSR count). The number of aliphatic hydroxyl groups is 3. The van der Waals surface area contributed by atoms with Gasteiger partial charge in [-0.2, -0.15) is 0 Å². The van der Waals surface area contributed by atoms with Crippen LogP contribution in [0.1, 0.15) is 0 Å². The van der Waals surface area contributed by atoms with Crippen LogP contribution < -0.4 is 10.2 Å². The van der Waals surface area contributed by atoms with Crippen molar-refractivity contribution in [1.29, 1.82) is 0 Å². The molecule has 170 valence electrons. The first kappa shape index (κ1) is 22.1. The Kier molecular flexibility index (Phi) is 6.04. The van der Waals surface area contributed by atoms with Gasteiger partial charge >= 0.3 is 0 Å². The van der Waals surface area contributed by atoms with Crippen LogP contribution in [0.5, 0.6) is 17.2 Å². The van der Waals surface area contributed by atoms with Gasteiger partial charge in [-0.25, -0.2) is 0 Å². The highest BCUT2D eigenvalue weighted by Crippen LogP contribution is 2.33. The second kappa shape index (κ2) is 8.77. The molecule has 0 amide bonds. The van der Waals surface area contributed by atoms with Crippen molar-refractivity contribution >= 4 is 11.0 Å². The van der Waals surface area contributed by atoms with Gasteiger partial charge in [-0.15, -0.1) is 0 Å². The third kappa shape index (κ3) is 3.90. The van der Waals surface area contributed by atoms with Crippen LogP contribution in [0.25, 0.3) is 22.1 Å². The first-order chi connectivity index (χ1) is 15.3. The molecular weight excluding hydrogens is 424 g/mol. The van der Waals surface area contributed by atoms with Crippen LogP contribution in [-0.4, -0.2) is 70.0 Å². The Morgan fingerprint density at radius 3 is 2.44 bits per heavy atom. The van der Waals surface area contributed by atoms with Gasteiger partial charge in [0, 0.05) is 19.2 Å². The Bertz CT molecular complexity index is 1150. The molecule has 32 heavy (non-hydrogen) atoms. The highest BCUT2D eigenvalue weighted by atomic mass is 16.7. The maximum atomic E-state index is 12.9. The van der Waals surface area contributed by atoms with Gasteiger partial charge in [0.15, 0.2) is 0 Å². The highest BCUT2D eigenvalue weighted by molar-refractivity contribution is 5.88. The normalized spacial score (nSPS) is 25.7. The van der Waals surface area contributed by atoms with Gasteiger partial charge in [-0.1, -0.05) is 12.1 Å². The van der Waals surface area contributed by atoms with Crippen molar-refractivity contribution in [2.45, 2.75) is 30.7 Å². The summed E-state index contributed by atoms with van der Waals surface area (Å²) in [7, 11) is 1.31. The van der Waals surface area contributed by atoms with Crippen molar-refractivity contribution in [2.75, 3.05) is 13.7 Å². The van der Waals surface area contributed by atoms with E-state index < -0.39 is 48.5 Å². The summed E-state index contributed by atoms with van der Waals surface area (Å²) < 4.78 is 21.7. The van der Waals surface area contributed by atoms with Gasteiger partial charge in [0.05, 0.1) is 12.2 Å². The fourth-order valence-electron chi connectivity index (χ4n) is 3.69. The van der Waals surface area contributed by atoms with Crippen LogP contribution in [0.3, 0.4) is 0 Å². The molecule has 1 aliphatic rings. The van der Waals surface area contributed by atoms with Crippen LogP contribution in [-0.2, 0) is 9.47 Å². The zero-order chi connectivity index (χ0) is 23.0. The average molecular weight is 446 g/mol. The average Bonchev–Trinajstić information content (AvgIpc) is 2.77. The monoisotopic (exact) mass is 446 g/mol. The first-order valence-electron chi connectivity index (χ1n) is 9.74. The van der Waals surface area contributed by atoms with E-state index in [9.17, 15) is 30.3 Å². The molecule has 1 aliphatic heterocycles. The first-order valence-corrected chi connectivity index (χ1v) is 9.74. The van der Waals surface area contributed by atoms with Crippen molar-refractivity contribution < 1.29 is 44.2 Å². The predicted octanol–water partition coefficient (Wildman–Crippen LogP) is 0.704. The number of benzene rings is 2. The number of hydrogen-bond donors (Lipinski definition) is 5. The van der Waals surface area contributed by atoms with Crippen LogP contribution >= 0.6 is 0 Å². The summed E-state index contributed by atoms with van der Waals surface area (Å²) in [6, 6.07) is 8.41. The van der Waals surface area contributed by atoms with Crippen molar-refractivity contribution in [3.05, 3.63) is 52.9 Å². The van der Waals surface area contributed by atoms with E-state index in [1.165, 1.54) is 31.6 Å². The number of phenols is 2. The summed E-state index contributed by atoms with van der Waals surface area (Å²) in [4.78, 5) is 12.9. The quantitative estimate of drug-likeness (QED) is 0.378. The lowest BCUT2D eigenvalue weighted by atomic mass is 9.99. The minimum Gasteiger partial charge on any atom is -0.508 e. The second-order valence-electron chi connectivity index (χ2n) is 7.37. The van der Waals surface area contributed by atoms with E-state index in [2.05, 4.69) is 0 Å². The van der Waals surface area contributed by atoms with E-state index in [1.807, 2.05) is 0 Å². The minimum atomic E-state index is -1.51. The molecule has 10 nitrogen and oxygen atoms in total. The van der Waals surface area contributed by atoms with E-state index in [0.717, 1.165) is 6.07 Å². The molecule has 5 N–H and O–H groups in total. The predicted molar refractivity (Wildman–Crippen MR) is 110 cm³/mol. The maximum Gasteiger partial charge on any atom is 0.229 e. The summed E-state index contributed by atoms with van der Waals surface area (Å²) in [5.74, 6) is -0.383. The molecule has 0 spiro atoms. The number of aromatic hydroxyl groups is 2. The molecule has 2 heterocycles. The highest BCUT2D eigenvalue weighted by Gasteiger charge is 2.45. The van der Waals surface area contributed by atoms with Crippen molar-refractivity contribution in [2.24, 2.45) is 0 Å². The summed E-state index contributed by atoms with van der Waals surface area (Å²) >= 11 is 0. The number of phenolic OH excluding ortho intramolecular Hbond substituents is 2. The third-order valence-electron chi connectivity index (χ3n) is 5.35. The summed E-state index contributed by atoms with van der Waals surface area (Å²) in [6.45, 7) is -0.486. The molecule has 0 saturated carbocycles. The molecule has 10 heteroatoms. The van der Waals surface area contributed by atoms with Gasteiger partial charge in [0.2, 0.25) is 11.7 Å². The van der Waals surface area contributed by atoms with Crippen molar-refractivity contribution in [3.63, 3.8) is 0 Å². The number of ether oxygens (including phenoxy) is 3. The maximum absolute atomic E-state index is 12.9. The largest absolute Gasteiger partial charge is 0.508 e. The number of fused-ring (bicyclic) bond motifs is 1. The van der Waals surface area contributed by atoms with E-state index in [0.29, 0.717) is 5.56 Å². The molecule has 0 radical (unpaired) electrons. The zero-order valence-electron chi connectivity index (χ0n) is 16.9. The summed E-state index contributed by atoms with van der Waals surface area (Å²) in [6.07, 6.45) is -4.98. The van der Waals surface area contributed by atoms with Gasteiger partial charge in [0.1, 0.15) is 58.9 Å². The lowest BCUT2D eigenvalue weighted by Crippen LogP contribution is -2.60. The molecule has 5 atom stereocenters. The molecule has 2 aromatic carbocycles. The fraction of sp³-hybridized carbons (Fsp3) is 0.318. The fourth-order valence-corrected chi connectivity index (χ4v) is 3.69. The topological polar surface area (TPSA) is 159 Å². The van der Waals surface area contributed by atoms with Gasteiger partial charge in [-0.3, -0.25) is 4.79 Å². The van der Waals surface area contributed by atoms with Crippen LogP contribution in [0.2, 0.25) is 0 Å². The van der Waals surface area contributed by atoms with E-state index in [1.54, 1.807) is 12.1 Å². The number of aliphatic hydroxyl groups excluding tert-OH is 3. The lowest BCUT2D eigenvalue weighted by molar-refractivity contribution is -0.281. The Morgan fingerprint density at radius 2 is 1.78 bits per heavy atom.